The maximum Gasteiger partial charge on any atom is 0.223 e. The maximum absolute atomic E-state index is 12.1. The monoisotopic (exact) mass is 340 g/mol. The van der Waals surface area contributed by atoms with Crippen molar-refractivity contribution in [2.24, 2.45) is 5.92 Å². The highest BCUT2D eigenvalue weighted by molar-refractivity contribution is 5.85. The summed E-state index contributed by atoms with van der Waals surface area (Å²) in [7, 11) is 0. The van der Waals surface area contributed by atoms with E-state index in [-0.39, 0.29) is 24.4 Å². The number of benzene rings is 1. The molecule has 130 valence electrons. The number of hydrogen-bond donors (Lipinski definition) is 2. The standard InChI is InChI=1S/C18H28N2O2.ClH/c1-12-9-13(2)15(4)17(10-12)22-8-6-18(21)20-16-5-7-19-11-14(16)3;/h9-10,14,16,19H,5-8,11H2,1-4H3,(H,20,21);1H. The van der Waals surface area contributed by atoms with E-state index in [0.29, 0.717) is 18.9 Å². The molecule has 23 heavy (non-hydrogen) atoms. The second-order valence-electron chi connectivity index (χ2n) is 6.45. The molecule has 1 amide bonds. The van der Waals surface area contributed by atoms with Crippen LogP contribution in [0.1, 0.15) is 36.5 Å². The van der Waals surface area contributed by atoms with Gasteiger partial charge in [-0.3, -0.25) is 4.79 Å². The number of nitrogens with one attached hydrogen (secondary N) is 2. The van der Waals surface area contributed by atoms with Gasteiger partial charge >= 0.3 is 0 Å². The Morgan fingerprint density at radius 1 is 1.35 bits per heavy atom. The molecule has 2 atom stereocenters. The second kappa shape index (κ2) is 9.14. The molecule has 1 aliphatic rings. The van der Waals surface area contributed by atoms with Gasteiger partial charge in [0.15, 0.2) is 0 Å². The minimum absolute atomic E-state index is 0. The zero-order chi connectivity index (χ0) is 16.1. The normalized spacial score (nSPS) is 20.5. The second-order valence-corrected chi connectivity index (χ2v) is 6.45. The quantitative estimate of drug-likeness (QED) is 0.866. The van der Waals surface area contributed by atoms with Gasteiger partial charge in [-0.25, -0.2) is 0 Å². The summed E-state index contributed by atoms with van der Waals surface area (Å²) in [4.78, 5) is 12.1. The van der Waals surface area contributed by atoms with E-state index in [1.165, 1.54) is 11.1 Å². The van der Waals surface area contributed by atoms with Gasteiger partial charge in [-0.1, -0.05) is 13.0 Å². The molecule has 1 aromatic carbocycles. The Hall–Kier alpha value is -1.26. The molecule has 1 fully saturated rings. The van der Waals surface area contributed by atoms with Gasteiger partial charge in [0.05, 0.1) is 13.0 Å². The number of carbonyl (C=O) groups is 1. The summed E-state index contributed by atoms with van der Waals surface area (Å²) in [6, 6.07) is 4.47. The van der Waals surface area contributed by atoms with Crippen LogP contribution in [0, 0.1) is 26.7 Å². The van der Waals surface area contributed by atoms with Crippen LogP contribution in [0.3, 0.4) is 0 Å². The average molecular weight is 341 g/mol. The Morgan fingerprint density at radius 3 is 2.78 bits per heavy atom. The number of aryl methyl sites for hydroxylation is 2. The van der Waals surface area contributed by atoms with Crippen LogP contribution in [-0.4, -0.2) is 31.6 Å². The smallest absolute Gasteiger partial charge is 0.223 e. The van der Waals surface area contributed by atoms with Crippen LogP contribution in [0.5, 0.6) is 5.75 Å². The van der Waals surface area contributed by atoms with Gasteiger partial charge in [0.1, 0.15) is 5.75 Å². The van der Waals surface area contributed by atoms with Crippen molar-refractivity contribution >= 4 is 18.3 Å². The molecule has 1 heterocycles. The summed E-state index contributed by atoms with van der Waals surface area (Å²) in [5.74, 6) is 1.46. The fourth-order valence-corrected chi connectivity index (χ4v) is 2.91. The third kappa shape index (κ3) is 5.70. The van der Waals surface area contributed by atoms with E-state index in [1.54, 1.807) is 0 Å². The molecule has 1 aromatic rings. The lowest BCUT2D eigenvalue weighted by Crippen LogP contribution is -2.48. The van der Waals surface area contributed by atoms with Crippen LogP contribution in [0.25, 0.3) is 0 Å². The van der Waals surface area contributed by atoms with Crippen LogP contribution in [-0.2, 0) is 4.79 Å². The van der Waals surface area contributed by atoms with E-state index < -0.39 is 0 Å². The van der Waals surface area contributed by atoms with Crippen LogP contribution in [0.4, 0.5) is 0 Å². The third-order valence-corrected chi connectivity index (χ3v) is 4.48. The van der Waals surface area contributed by atoms with Crippen LogP contribution in [0.15, 0.2) is 12.1 Å². The summed E-state index contributed by atoms with van der Waals surface area (Å²) in [5, 5.41) is 6.48. The largest absolute Gasteiger partial charge is 0.493 e. The van der Waals surface area contributed by atoms with Crippen molar-refractivity contribution in [3.05, 3.63) is 28.8 Å². The summed E-state index contributed by atoms with van der Waals surface area (Å²) < 4.78 is 5.81. The van der Waals surface area contributed by atoms with E-state index in [2.05, 4.69) is 44.4 Å². The van der Waals surface area contributed by atoms with Crippen molar-refractivity contribution in [1.82, 2.24) is 10.6 Å². The van der Waals surface area contributed by atoms with Crippen molar-refractivity contribution in [2.75, 3.05) is 19.7 Å². The molecule has 0 radical (unpaired) electrons. The molecule has 2 unspecified atom stereocenters. The molecule has 5 heteroatoms. The van der Waals surface area contributed by atoms with Crippen molar-refractivity contribution in [1.29, 1.82) is 0 Å². The molecular formula is C18H29ClN2O2. The highest BCUT2D eigenvalue weighted by atomic mass is 35.5. The first-order chi connectivity index (χ1) is 10.5. The van der Waals surface area contributed by atoms with Crippen molar-refractivity contribution in [3.63, 3.8) is 0 Å². The number of hydrogen-bond acceptors (Lipinski definition) is 3. The Kier molecular flexibility index (Phi) is 7.86. The lowest BCUT2D eigenvalue weighted by Gasteiger charge is -2.30. The number of ether oxygens (including phenoxy) is 1. The lowest BCUT2D eigenvalue weighted by atomic mass is 9.95. The molecule has 0 aromatic heterocycles. The van der Waals surface area contributed by atoms with Gasteiger partial charge in [-0.15, -0.1) is 12.4 Å². The molecule has 4 nitrogen and oxygen atoms in total. The highest BCUT2D eigenvalue weighted by Crippen LogP contribution is 2.23. The van der Waals surface area contributed by atoms with Crippen LogP contribution in [0.2, 0.25) is 0 Å². The number of piperidine rings is 1. The first-order valence-corrected chi connectivity index (χ1v) is 8.18. The summed E-state index contributed by atoms with van der Waals surface area (Å²) in [5.41, 5.74) is 3.56. The van der Waals surface area contributed by atoms with Gasteiger partial charge < -0.3 is 15.4 Å². The fraction of sp³-hybridized carbons (Fsp3) is 0.611. The Balaban J connectivity index is 0.00000264. The molecule has 1 aliphatic heterocycles. The molecule has 0 bridgehead atoms. The topological polar surface area (TPSA) is 50.4 Å². The summed E-state index contributed by atoms with van der Waals surface area (Å²) in [6.07, 6.45) is 1.41. The van der Waals surface area contributed by atoms with E-state index >= 15 is 0 Å². The zero-order valence-corrected chi connectivity index (χ0v) is 15.4. The lowest BCUT2D eigenvalue weighted by molar-refractivity contribution is -0.122. The minimum Gasteiger partial charge on any atom is -0.493 e. The Labute approximate surface area is 145 Å². The first kappa shape index (κ1) is 19.8. The fourth-order valence-electron chi connectivity index (χ4n) is 2.91. The average Bonchev–Trinajstić information content (AvgIpc) is 2.46. The van der Waals surface area contributed by atoms with E-state index in [9.17, 15) is 4.79 Å². The van der Waals surface area contributed by atoms with Gasteiger partial charge in [0.25, 0.3) is 0 Å². The molecule has 1 saturated heterocycles. The van der Waals surface area contributed by atoms with E-state index in [4.69, 9.17) is 4.74 Å². The van der Waals surface area contributed by atoms with E-state index in [1.807, 2.05) is 6.07 Å². The number of amides is 1. The zero-order valence-electron chi connectivity index (χ0n) is 14.6. The molecular weight excluding hydrogens is 312 g/mol. The Morgan fingerprint density at radius 2 is 2.09 bits per heavy atom. The maximum atomic E-state index is 12.1. The van der Waals surface area contributed by atoms with Gasteiger partial charge in [-0.05, 0) is 69.0 Å². The SMILES string of the molecule is Cc1cc(C)c(C)c(OCCC(=O)NC2CCNCC2C)c1.Cl. The number of rotatable bonds is 5. The summed E-state index contributed by atoms with van der Waals surface area (Å²) >= 11 is 0. The number of carbonyl (C=O) groups excluding carboxylic acids is 1. The van der Waals surface area contributed by atoms with Crippen LogP contribution >= 0.6 is 12.4 Å². The van der Waals surface area contributed by atoms with Gasteiger partial charge in [0, 0.05) is 6.04 Å². The molecule has 0 saturated carbocycles. The molecule has 2 rings (SSSR count). The minimum atomic E-state index is 0. The Bertz CT molecular complexity index is 534. The molecule has 2 N–H and O–H groups in total. The molecule has 0 spiro atoms. The summed E-state index contributed by atoms with van der Waals surface area (Å²) in [6.45, 7) is 10.8. The number of halogens is 1. The van der Waals surface area contributed by atoms with Crippen LogP contribution < -0.4 is 15.4 Å². The van der Waals surface area contributed by atoms with Gasteiger partial charge in [0.2, 0.25) is 5.91 Å². The third-order valence-electron chi connectivity index (χ3n) is 4.48. The first-order valence-electron chi connectivity index (χ1n) is 8.18. The highest BCUT2D eigenvalue weighted by Gasteiger charge is 2.22. The molecule has 0 aliphatic carbocycles. The van der Waals surface area contributed by atoms with Crippen molar-refractivity contribution in [3.8, 4) is 5.75 Å². The van der Waals surface area contributed by atoms with Crippen molar-refractivity contribution in [2.45, 2.75) is 46.6 Å². The van der Waals surface area contributed by atoms with Crippen molar-refractivity contribution < 1.29 is 9.53 Å². The predicted octanol–water partition coefficient (Wildman–Crippen LogP) is 2.92. The van der Waals surface area contributed by atoms with E-state index in [0.717, 1.165) is 30.8 Å². The predicted molar refractivity (Wildman–Crippen MR) is 96.6 cm³/mol. The van der Waals surface area contributed by atoms with Gasteiger partial charge in [-0.2, -0.15) is 0 Å².